The van der Waals surface area contributed by atoms with Gasteiger partial charge in [-0.1, -0.05) is 18.2 Å². The summed E-state index contributed by atoms with van der Waals surface area (Å²) in [6.45, 7) is 2.58. The van der Waals surface area contributed by atoms with E-state index in [-0.39, 0.29) is 17.3 Å². The summed E-state index contributed by atoms with van der Waals surface area (Å²) in [6, 6.07) is 14.2. The molecule has 0 aliphatic heterocycles. The number of ether oxygens (including phenoxy) is 1. The summed E-state index contributed by atoms with van der Waals surface area (Å²) >= 11 is 0. The minimum Gasteiger partial charge on any atom is -0.465 e. The largest absolute Gasteiger partial charge is 0.465 e. The van der Waals surface area contributed by atoms with Crippen molar-refractivity contribution in [2.75, 3.05) is 24.3 Å². The van der Waals surface area contributed by atoms with Crippen molar-refractivity contribution < 1.29 is 14.5 Å². The summed E-state index contributed by atoms with van der Waals surface area (Å²) in [4.78, 5) is 22.1. The van der Waals surface area contributed by atoms with Gasteiger partial charge >= 0.3 is 5.97 Å². The lowest BCUT2D eigenvalue weighted by Crippen LogP contribution is -2.25. The SMILES string of the molecule is COC(=O)c1cc(NCC(C)Nc2ccccc2)ccc1[N+](=O)[O-]. The molecule has 0 saturated carbocycles. The molecule has 0 heterocycles. The predicted molar refractivity (Wildman–Crippen MR) is 92.5 cm³/mol. The lowest BCUT2D eigenvalue weighted by atomic mass is 10.1. The quantitative estimate of drug-likeness (QED) is 0.460. The minimum absolute atomic E-state index is 0.0730. The third-order valence-electron chi connectivity index (χ3n) is 3.40. The van der Waals surface area contributed by atoms with Crippen molar-refractivity contribution in [1.82, 2.24) is 0 Å². The Bertz CT molecular complexity index is 719. The number of hydrogen-bond donors (Lipinski definition) is 2. The molecular weight excluding hydrogens is 310 g/mol. The molecule has 2 rings (SSSR count). The number of hydrogen-bond acceptors (Lipinski definition) is 6. The van der Waals surface area contributed by atoms with Crippen molar-refractivity contribution in [3.8, 4) is 0 Å². The standard InChI is InChI=1S/C17H19N3O4/c1-12(19-13-6-4-3-5-7-13)11-18-14-8-9-16(20(22)23)15(10-14)17(21)24-2/h3-10,12,18-19H,11H2,1-2H3. The molecule has 24 heavy (non-hydrogen) atoms. The second-order valence-electron chi connectivity index (χ2n) is 5.27. The van der Waals surface area contributed by atoms with Crippen molar-refractivity contribution >= 4 is 23.0 Å². The molecule has 2 N–H and O–H groups in total. The molecule has 1 unspecified atom stereocenters. The van der Waals surface area contributed by atoms with Crippen LogP contribution < -0.4 is 10.6 Å². The zero-order valence-corrected chi connectivity index (χ0v) is 13.5. The van der Waals surface area contributed by atoms with Gasteiger partial charge in [0.2, 0.25) is 0 Å². The third kappa shape index (κ3) is 4.45. The number of rotatable bonds is 7. The molecule has 2 aromatic carbocycles. The van der Waals surface area contributed by atoms with Crippen LogP contribution in [0.4, 0.5) is 17.1 Å². The van der Waals surface area contributed by atoms with Gasteiger partial charge in [-0.15, -0.1) is 0 Å². The number of nitrogens with zero attached hydrogens (tertiary/aromatic N) is 1. The zero-order valence-electron chi connectivity index (χ0n) is 13.5. The second-order valence-corrected chi connectivity index (χ2v) is 5.27. The van der Waals surface area contributed by atoms with Gasteiger partial charge in [-0.3, -0.25) is 10.1 Å². The number of carbonyl (C=O) groups is 1. The minimum atomic E-state index is -0.735. The number of nitrogens with one attached hydrogen (secondary N) is 2. The highest BCUT2D eigenvalue weighted by molar-refractivity contribution is 5.95. The molecule has 0 bridgehead atoms. The van der Waals surface area contributed by atoms with Gasteiger partial charge in [0.1, 0.15) is 5.56 Å². The van der Waals surface area contributed by atoms with Crippen LogP contribution in [0.15, 0.2) is 48.5 Å². The summed E-state index contributed by atoms with van der Waals surface area (Å²) in [7, 11) is 1.19. The number of para-hydroxylation sites is 1. The summed E-state index contributed by atoms with van der Waals surface area (Å²) in [5.41, 5.74) is 1.27. The Morgan fingerprint density at radius 2 is 1.92 bits per heavy atom. The van der Waals surface area contributed by atoms with E-state index in [1.807, 2.05) is 37.3 Å². The van der Waals surface area contributed by atoms with Gasteiger partial charge < -0.3 is 15.4 Å². The van der Waals surface area contributed by atoms with Crippen molar-refractivity contribution in [3.05, 3.63) is 64.2 Å². The Labute approximate surface area is 139 Å². The maximum Gasteiger partial charge on any atom is 0.344 e. The average Bonchev–Trinajstić information content (AvgIpc) is 2.59. The maximum absolute atomic E-state index is 11.7. The van der Waals surface area contributed by atoms with E-state index >= 15 is 0 Å². The molecule has 2 aromatic rings. The van der Waals surface area contributed by atoms with E-state index in [9.17, 15) is 14.9 Å². The smallest absolute Gasteiger partial charge is 0.344 e. The highest BCUT2D eigenvalue weighted by Crippen LogP contribution is 2.23. The van der Waals surface area contributed by atoms with Crippen LogP contribution >= 0.6 is 0 Å². The molecular formula is C17H19N3O4. The first-order chi connectivity index (χ1) is 11.5. The number of carbonyl (C=O) groups excluding carboxylic acids is 1. The molecule has 0 radical (unpaired) electrons. The summed E-state index contributed by atoms with van der Waals surface area (Å²) in [5, 5.41) is 17.5. The topological polar surface area (TPSA) is 93.5 Å². The first kappa shape index (κ1) is 17.3. The van der Waals surface area contributed by atoms with Crippen molar-refractivity contribution in [2.24, 2.45) is 0 Å². The highest BCUT2D eigenvalue weighted by Gasteiger charge is 2.21. The van der Waals surface area contributed by atoms with Gasteiger partial charge in [0.05, 0.1) is 12.0 Å². The molecule has 0 saturated heterocycles. The van der Waals surface area contributed by atoms with E-state index in [1.165, 1.54) is 19.2 Å². The normalized spacial score (nSPS) is 11.4. The lowest BCUT2D eigenvalue weighted by molar-refractivity contribution is -0.385. The summed E-state index contributed by atoms with van der Waals surface area (Å²) in [6.07, 6.45) is 0. The Morgan fingerprint density at radius 3 is 2.54 bits per heavy atom. The van der Waals surface area contributed by atoms with Gasteiger partial charge in [-0.2, -0.15) is 0 Å². The molecule has 0 aliphatic rings. The van der Waals surface area contributed by atoms with Crippen LogP contribution in [0.2, 0.25) is 0 Å². The fourth-order valence-electron chi connectivity index (χ4n) is 2.22. The van der Waals surface area contributed by atoms with Crippen LogP contribution in [0.5, 0.6) is 0 Å². The number of anilines is 2. The number of nitro groups is 1. The van der Waals surface area contributed by atoms with E-state index < -0.39 is 10.9 Å². The van der Waals surface area contributed by atoms with E-state index in [0.29, 0.717) is 12.2 Å². The fourth-order valence-corrected chi connectivity index (χ4v) is 2.22. The van der Waals surface area contributed by atoms with Gasteiger partial charge in [0.15, 0.2) is 0 Å². The summed E-state index contributed by atoms with van der Waals surface area (Å²) in [5.74, 6) is -0.735. The average molecular weight is 329 g/mol. The van der Waals surface area contributed by atoms with Crippen molar-refractivity contribution in [2.45, 2.75) is 13.0 Å². The van der Waals surface area contributed by atoms with Gasteiger partial charge in [0.25, 0.3) is 5.69 Å². The van der Waals surface area contributed by atoms with Gasteiger partial charge in [-0.25, -0.2) is 4.79 Å². The number of methoxy groups -OCH3 is 1. The third-order valence-corrected chi connectivity index (χ3v) is 3.40. The Morgan fingerprint density at radius 1 is 1.21 bits per heavy atom. The molecule has 126 valence electrons. The Balaban J connectivity index is 2.04. The number of esters is 1. The monoisotopic (exact) mass is 329 g/mol. The van der Waals surface area contributed by atoms with Crippen LogP contribution in [0.25, 0.3) is 0 Å². The van der Waals surface area contributed by atoms with E-state index in [1.54, 1.807) is 6.07 Å². The fraction of sp³-hybridized carbons (Fsp3) is 0.235. The van der Waals surface area contributed by atoms with Crippen molar-refractivity contribution in [1.29, 1.82) is 0 Å². The highest BCUT2D eigenvalue weighted by atomic mass is 16.6. The van der Waals surface area contributed by atoms with Crippen molar-refractivity contribution in [3.63, 3.8) is 0 Å². The van der Waals surface area contributed by atoms with Crippen LogP contribution in [0.1, 0.15) is 17.3 Å². The molecule has 7 heteroatoms. The first-order valence-corrected chi connectivity index (χ1v) is 7.43. The summed E-state index contributed by atoms with van der Waals surface area (Å²) < 4.78 is 4.60. The van der Waals surface area contributed by atoms with Crippen LogP contribution in [0.3, 0.4) is 0 Å². The van der Waals surface area contributed by atoms with Crippen LogP contribution in [0, 0.1) is 10.1 Å². The molecule has 0 fully saturated rings. The molecule has 0 aromatic heterocycles. The second kappa shape index (κ2) is 7.96. The molecule has 7 nitrogen and oxygen atoms in total. The molecule has 1 atom stereocenters. The van der Waals surface area contributed by atoms with E-state index in [4.69, 9.17) is 0 Å². The van der Waals surface area contributed by atoms with E-state index in [0.717, 1.165) is 5.69 Å². The molecule has 0 spiro atoms. The van der Waals surface area contributed by atoms with Crippen LogP contribution in [-0.4, -0.2) is 30.6 Å². The maximum atomic E-state index is 11.7. The molecule has 0 aliphatic carbocycles. The van der Waals surface area contributed by atoms with E-state index in [2.05, 4.69) is 15.4 Å². The number of benzene rings is 2. The van der Waals surface area contributed by atoms with Crippen LogP contribution in [-0.2, 0) is 4.74 Å². The number of nitro benzene ring substituents is 1. The first-order valence-electron chi connectivity index (χ1n) is 7.43. The zero-order chi connectivity index (χ0) is 17.5. The Kier molecular flexibility index (Phi) is 5.73. The van der Waals surface area contributed by atoms with Gasteiger partial charge in [0, 0.05) is 30.0 Å². The Hall–Kier alpha value is -3.09. The lowest BCUT2D eigenvalue weighted by Gasteiger charge is -2.17. The van der Waals surface area contributed by atoms with Gasteiger partial charge in [-0.05, 0) is 31.2 Å². The molecule has 0 amide bonds. The predicted octanol–water partition coefficient (Wildman–Crippen LogP) is 3.29.